The van der Waals surface area contributed by atoms with Gasteiger partial charge in [0.25, 0.3) is 0 Å². The topological polar surface area (TPSA) is 66.4 Å². The number of halogens is 1. The van der Waals surface area contributed by atoms with Crippen molar-refractivity contribution in [2.45, 2.75) is 23.8 Å². The zero-order valence-electron chi connectivity index (χ0n) is 8.39. The maximum absolute atomic E-state index is 11.7. The quantitative estimate of drug-likeness (QED) is 0.490. The van der Waals surface area contributed by atoms with E-state index in [-0.39, 0.29) is 34.2 Å². The minimum atomic E-state index is -1.08. The first kappa shape index (κ1) is 9.45. The lowest BCUT2D eigenvalue weighted by Crippen LogP contribution is -2.44. The van der Waals surface area contributed by atoms with E-state index in [0.717, 1.165) is 12.8 Å². The second kappa shape index (κ2) is 2.47. The highest BCUT2D eigenvalue weighted by Gasteiger charge is 2.80. The Balaban J connectivity index is 1.89. The molecule has 0 unspecified atom stereocenters. The van der Waals surface area contributed by atoms with E-state index >= 15 is 0 Å². The molecule has 0 radical (unpaired) electrons. The number of esters is 1. The standard InChI is InChI=1S/C11H11BrO4/c12-7-5-3(9(13)14)4-6(11(5)1-2-11)8(7)16-10(4)15/h3-8H,1-2H2,(H,13,14)/p-1/t3-,4-,5+,6-,7-,8+/m0/s1. The molecule has 0 N–H and O–H groups in total. The number of alkyl halides is 1. The number of carboxylic acid groups (broad SMARTS) is 1. The first-order valence-electron chi connectivity index (χ1n) is 5.63. The van der Waals surface area contributed by atoms with Crippen LogP contribution in [0.1, 0.15) is 12.8 Å². The molecular formula is C11H10BrO4-. The monoisotopic (exact) mass is 285 g/mol. The van der Waals surface area contributed by atoms with Crippen molar-refractivity contribution in [3.05, 3.63) is 0 Å². The molecule has 5 heteroatoms. The summed E-state index contributed by atoms with van der Waals surface area (Å²) >= 11 is 3.53. The van der Waals surface area contributed by atoms with Crippen molar-refractivity contribution in [2.24, 2.45) is 29.1 Å². The van der Waals surface area contributed by atoms with Gasteiger partial charge in [0.1, 0.15) is 6.10 Å². The lowest BCUT2D eigenvalue weighted by molar-refractivity contribution is -0.314. The molecule has 3 saturated carbocycles. The van der Waals surface area contributed by atoms with Gasteiger partial charge in [-0.3, -0.25) is 4.79 Å². The van der Waals surface area contributed by atoms with Crippen LogP contribution in [0.25, 0.3) is 0 Å². The zero-order chi connectivity index (χ0) is 11.2. The van der Waals surface area contributed by atoms with Crippen molar-refractivity contribution in [1.29, 1.82) is 0 Å². The van der Waals surface area contributed by atoms with Gasteiger partial charge in [-0.05, 0) is 24.2 Å². The molecular weight excluding hydrogens is 276 g/mol. The highest BCUT2D eigenvalue weighted by molar-refractivity contribution is 9.09. The van der Waals surface area contributed by atoms with E-state index in [1.165, 1.54) is 0 Å². The van der Waals surface area contributed by atoms with Gasteiger partial charge in [-0.25, -0.2) is 0 Å². The summed E-state index contributed by atoms with van der Waals surface area (Å²) in [7, 11) is 0. The van der Waals surface area contributed by atoms with Gasteiger partial charge < -0.3 is 14.6 Å². The van der Waals surface area contributed by atoms with Crippen LogP contribution in [0.3, 0.4) is 0 Å². The second-order valence-corrected chi connectivity index (χ2v) is 6.56. The Labute approximate surface area is 100 Å². The average molecular weight is 286 g/mol. The Morgan fingerprint density at radius 3 is 2.69 bits per heavy atom. The summed E-state index contributed by atoms with van der Waals surface area (Å²) in [5, 5.41) is 11.2. The molecule has 0 aromatic carbocycles. The number of hydrogen-bond acceptors (Lipinski definition) is 4. The first-order valence-corrected chi connectivity index (χ1v) is 6.55. The molecule has 3 aliphatic carbocycles. The van der Waals surface area contributed by atoms with Crippen LogP contribution < -0.4 is 5.11 Å². The molecule has 16 heavy (non-hydrogen) atoms. The van der Waals surface area contributed by atoms with Crippen molar-refractivity contribution >= 4 is 27.9 Å². The molecule has 6 atom stereocenters. The van der Waals surface area contributed by atoms with Crippen LogP contribution in [0.4, 0.5) is 0 Å². The van der Waals surface area contributed by atoms with Gasteiger partial charge in [0.15, 0.2) is 0 Å². The molecule has 4 rings (SSSR count). The summed E-state index contributed by atoms with van der Waals surface area (Å²) in [5.74, 6) is -2.31. The van der Waals surface area contributed by atoms with Gasteiger partial charge in [0.2, 0.25) is 0 Å². The Kier molecular flexibility index (Phi) is 1.46. The lowest BCUT2D eigenvalue weighted by Gasteiger charge is -2.29. The number of rotatable bonds is 1. The fraction of sp³-hybridized carbons (Fsp3) is 0.818. The molecule has 2 bridgehead atoms. The minimum Gasteiger partial charge on any atom is -0.550 e. The number of ether oxygens (including phenoxy) is 1. The summed E-state index contributed by atoms with van der Waals surface area (Å²) < 4.78 is 5.33. The number of carboxylic acids is 1. The Hall–Kier alpha value is -0.580. The van der Waals surface area contributed by atoms with Crippen LogP contribution in [-0.2, 0) is 14.3 Å². The molecule has 1 aliphatic heterocycles. The Morgan fingerprint density at radius 1 is 1.44 bits per heavy atom. The number of carbonyl (C=O) groups is 2. The van der Waals surface area contributed by atoms with Crippen molar-refractivity contribution < 1.29 is 19.4 Å². The van der Waals surface area contributed by atoms with Crippen molar-refractivity contribution in [3.8, 4) is 0 Å². The van der Waals surface area contributed by atoms with E-state index < -0.39 is 17.8 Å². The predicted molar refractivity (Wildman–Crippen MR) is 53.2 cm³/mol. The summed E-state index contributed by atoms with van der Waals surface area (Å²) in [4.78, 5) is 23.0. The van der Waals surface area contributed by atoms with Gasteiger partial charge in [0, 0.05) is 17.8 Å². The third-order valence-corrected chi connectivity index (χ3v) is 6.21. The highest BCUT2D eigenvalue weighted by Crippen LogP contribution is 2.77. The zero-order valence-corrected chi connectivity index (χ0v) is 9.98. The normalized spacial score (nSPS) is 54.4. The van der Waals surface area contributed by atoms with Gasteiger partial charge >= 0.3 is 5.97 Å². The smallest absolute Gasteiger partial charge is 0.310 e. The predicted octanol–water partition coefficient (Wildman–Crippen LogP) is -0.303. The molecule has 4 nitrogen and oxygen atoms in total. The molecule has 0 aromatic heterocycles. The van der Waals surface area contributed by atoms with E-state index in [0.29, 0.717) is 0 Å². The van der Waals surface area contributed by atoms with Crippen LogP contribution in [-0.4, -0.2) is 22.9 Å². The molecule has 0 aromatic rings. The van der Waals surface area contributed by atoms with Crippen molar-refractivity contribution in [2.75, 3.05) is 0 Å². The molecule has 86 valence electrons. The molecule has 1 saturated heterocycles. The summed E-state index contributed by atoms with van der Waals surface area (Å²) in [6, 6.07) is 0. The van der Waals surface area contributed by atoms with E-state index in [1.807, 2.05) is 0 Å². The molecule has 4 fully saturated rings. The van der Waals surface area contributed by atoms with E-state index in [9.17, 15) is 14.7 Å². The largest absolute Gasteiger partial charge is 0.550 e. The van der Waals surface area contributed by atoms with E-state index in [2.05, 4.69) is 15.9 Å². The number of aliphatic carboxylic acids is 1. The Bertz CT molecular complexity index is 416. The first-order chi connectivity index (χ1) is 7.58. The maximum atomic E-state index is 11.7. The summed E-state index contributed by atoms with van der Waals surface area (Å²) in [5.41, 5.74) is 0.0698. The molecule has 4 aliphatic rings. The van der Waals surface area contributed by atoms with Crippen LogP contribution in [0.2, 0.25) is 0 Å². The van der Waals surface area contributed by atoms with E-state index in [4.69, 9.17) is 4.74 Å². The molecule has 0 amide bonds. The average Bonchev–Trinajstić information content (AvgIpc) is 2.80. The molecule has 1 spiro atoms. The second-order valence-electron chi connectivity index (χ2n) is 5.50. The van der Waals surface area contributed by atoms with Crippen molar-refractivity contribution in [3.63, 3.8) is 0 Å². The summed E-state index contributed by atoms with van der Waals surface area (Å²) in [6.07, 6.45) is 1.98. The van der Waals surface area contributed by atoms with Crippen LogP contribution >= 0.6 is 15.9 Å². The summed E-state index contributed by atoms with van der Waals surface area (Å²) in [6.45, 7) is 0. The maximum Gasteiger partial charge on any atom is 0.310 e. The van der Waals surface area contributed by atoms with Crippen LogP contribution in [0.5, 0.6) is 0 Å². The SMILES string of the molecule is O=C1O[C@H]2[C@@H](Br)[C@H]3[C@@H](C(=O)[O-])[C@H]1[C@@H]2C31CC1. The van der Waals surface area contributed by atoms with E-state index in [1.54, 1.807) is 0 Å². The Morgan fingerprint density at radius 2 is 2.12 bits per heavy atom. The minimum absolute atomic E-state index is 0.00519. The van der Waals surface area contributed by atoms with Gasteiger partial charge in [-0.1, -0.05) is 15.9 Å². The fourth-order valence-corrected chi connectivity index (χ4v) is 5.87. The molecule has 1 heterocycles. The van der Waals surface area contributed by atoms with Gasteiger partial charge in [-0.2, -0.15) is 0 Å². The highest BCUT2D eigenvalue weighted by atomic mass is 79.9. The third-order valence-electron chi connectivity index (χ3n) is 5.12. The lowest BCUT2D eigenvalue weighted by atomic mass is 9.80. The van der Waals surface area contributed by atoms with Crippen molar-refractivity contribution in [1.82, 2.24) is 0 Å². The van der Waals surface area contributed by atoms with Gasteiger partial charge in [0.05, 0.1) is 10.7 Å². The van der Waals surface area contributed by atoms with Crippen LogP contribution in [0, 0.1) is 29.1 Å². The fourth-order valence-electron chi connectivity index (χ4n) is 4.58. The number of hydrogen-bond donors (Lipinski definition) is 0. The number of carbonyl (C=O) groups excluding carboxylic acids is 2. The van der Waals surface area contributed by atoms with Gasteiger partial charge in [-0.15, -0.1) is 0 Å². The van der Waals surface area contributed by atoms with Crippen LogP contribution in [0.15, 0.2) is 0 Å². The third kappa shape index (κ3) is 0.753.